The van der Waals surface area contributed by atoms with Gasteiger partial charge in [-0.3, -0.25) is 0 Å². The Kier molecular flexibility index (Phi) is 3.37. The fourth-order valence-corrected chi connectivity index (χ4v) is 3.55. The monoisotopic (exact) mass is 305 g/mol. The van der Waals surface area contributed by atoms with Crippen molar-refractivity contribution >= 4 is 11.3 Å². The second-order valence-electron chi connectivity index (χ2n) is 5.11. The van der Waals surface area contributed by atoms with E-state index < -0.39 is 0 Å². The van der Waals surface area contributed by atoms with Gasteiger partial charge in [0, 0.05) is 35.4 Å². The number of nitrogens with zero attached hydrogens (tertiary/aromatic N) is 3. The van der Waals surface area contributed by atoms with Gasteiger partial charge in [-0.05, 0) is 41.3 Å². The fraction of sp³-hybridized carbons (Fsp3) is 0.0556. The van der Waals surface area contributed by atoms with Crippen LogP contribution in [-0.2, 0) is 0 Å². The normalized spacial score (nSPS) is 12.4. The van der Waals surface area contributed by atoms with Crippen molar-refractivity contribution < 1.29 is 0 Å². The molecule has 3 aromatic heterocycles. The smallest absolute Gasteiger partial charge is 0.0954 e. The molecule has 3 nitrogen and oxygen atoms in total. The van der Waals surface area contributed by atoms with E-state index in [1.54, 1.807) is 11.3 Å². The molecule has 0 saturated heterocycles. The molecule has 0 saturated carbocycles. The first-order chi connectivity index (χ1) is 10.9. The lowest BCUT2D eigenvalue weighted by Crippen LogP contribution is -2.09. The number of aromatic nitrogens is 3. The van der Waals surface area contributed by atoms with Crippen LogP contribution in [0.25, 0.3) is 5.69 Å². The lowest BCUT2D eigenvalue weighted by atomic mass is 10.0. The zero-order valence-electron chi connectivity index (χ0n) is 11.9. The van der Waals surface area contributed by atoms with E-state index in [0.717, 1.165) is 0 Å². The molecule has 0 aliphatic heterocycles. The first-order valence-corrected chi connectivity index (χ1v) is 8.04. The van der Waals surface area contributed by atoms with Gasteiger partial charge >= 0.3 is 0 Å². The molecule has 0 fully saturated rings. The van der Waals surface area contributed by atoms with Crippen LogP contribution in [0.2, 0.25) is 0 Å². The molecule has 0 aliphatic carbocycles. The third-order valence-corrected chi connectivity index (χ3v) is 4.67. The molecule has 0 N–H and O–H groups in total. The maximum atomic E-state index is 4.20. The molecule has 3 heterocycles. The van der Waals surface area contributed by atoms with E-state index in [1.807, 2.05) is 30.9 Å². The Hall–Kier alpha value is -2.59. The highest BCUT2D eigenvalue weighted by Crippen LogP contribution is 2.30. The zero-order chi connectivity index (χ0) is 14.8. The van der Waals surface area contributed by atoms with Gasteiger partial charge in [-0.1, -0.05) is 18.2 Å². The van der Waals surface area contributed by atoms with Crippen LogP contribution in [0.3, 0.4) is 0 Å². The number of thiophene rings is 1. The predicted octanol–water partition coefficient (Wildman–Crippen LogP) is 4.37. The van der Waals surface area contributed by atoms with E-state index in [0.29, 0.717) is 0 Å². The van der Waals surface area contributed by atoms with Crippen molar-refractivity contribution in [3.8, 4) is 5.69 Å². The summed E-state index contributed by atoms with van der Waals surface area (Å²) in [7, 11) is 0. The standard InChI is InChI=1S/C18H15N3S/c1-2-11-20(10-1)16-7-5-15(6-8-16)18(17-4-3-13-22-17)21-12-9-19-14-21/h1-14,18H. The average Bonchev–Trinajstić information content (AvgIpc) is 3.32. The highest BCUT2D eigenvalue weighted by atomic mass is 32.1. The van der Waals surface area contributed by atoms with E-state index in [9.17, 15) is 0 Å². The molecule has 1 aromatic carbocycles. The summed E-state index contributed by atoms with van der Waals surface area (Å²) in [5, 5.41) is 2.12. The van der Waals surface area contributed by atoms with Gasteiger partial charge < -0.3 is 9.13 Å². The maximum Gasteiger partial charge on any atom is 0.0954 e. The van der Waals surface area contributed by atoms with E-state index in [4.69, 9.17) is 0 Å². The predicted molar refractivity (Wildman–Crippen MR) is 89.6 cm³/mol. The van der Waals surface area contributed by atoms with E-state index >= 15 is 0 Å². The number of rotatable bonds is 4. The molecule has 0 amide bonds. The first kappa shape index (κ1) is 13.1. The topological polar surface area (TPSA) is 22.8 Å². The van der Waals surface area contributed by atoms with Gasteiger partial charge in [-0.25, -0.2) is 4.98 Å². The van der Waals surface area contributed by atoms with Crippen molar-refractivity contribution in [1.29, 1.82) is 0 Å². The zero-order valence-corrected chi connectivity index (χ0v) is 12.7. The highest BCUT2D eigenvalue weighted by molar-refractivity contribution is 7.10. The maximum absolute atomic E-state index is 4.20. The Balaban J connectivity index is 1.74. The van der Waals surface area contributed by atoms with Crippen LogP contribution >= 0.6 is 11.3 Å². The van der Waals surface area contributed by atoms with E-state index in [2.05, 4.69) is 68.3 Å². The number of hydrogen-bond acceptors (Lipinski definition) is 2. The Morgan fingerprint density at radius 2 is 1.73 bits per heavy atom. The van der Waals surface area contributed by atoms with Crippen molar-refractivity contribution in [3.05, 3.63) is 95.5 Å². The SMILES string of the molecule is c1csc(C(c2ccc(-n3cccc3)cc2)n2ccnc2)c1. The Morgan fingerprint density at radius 3 is 2.36 bits per heavy atom. The molecular weight excluding hydrogens is 290 g/mol. The molecule has 0 aliphatic rings. The number of benzene rings is 1. The fourth-order valence-electron chi connectivity index (χ4n) is 2.69. The summed E-state index contributed by atoms with van der Waals surface area (Å²) in [4.78, 5) is 5.51. The molecule has 4 heteroatoms. The van der Waals surface area contributed by atoms with Gasteiger partial charge in [0.25, 0.3) is 0 Å². The summed E-state index contributed by atoms with van der Waals surface area (Å²) >= 11 is 1.77. The van der Waals surface area contributed by atoms with Crippen molar-refractivity contribution in [2.75, 3.05) is 0 Å². The summed E-state index contributed by atoms with van der Waals surface area (Å²) in [6, 6.07) is 17.2. The molecule has 0 spiro atoms. The van der Waals surface area contributed by atoms with Crippen LogP contribution in [-0.4, -0.2) is 14.1 Å². The Bertz CT molecular complexity index is 779. The number of hydrogen-bond donors (Lipinski definition) is 0. The summed E-state index contributed by atoms with van der Waals surface area (Å²) in [6.45, 7) is 0. The van der Waals surface area contributed by atoms with Crippen molar-refractivity contribution in [1.82, 2.24) is 14.1 Å². The molecule has 108 valence electrons. The van der Waals surface area contributed by atoms with E-state index in [-0.39, 0.29) is 6.04 Å². The molecule has 0 bridgehead atoms. The van der Waals surface area contributed by atoms with Crippen LogP contribution in [0.5, 0.6) is 0 Å². The van der Waals surface area contributed by atoms with Gasteiger partial charge in [0.05, 0.1) is 12.4 Å². The van der Waals surface area contributed by atoms with Gasteiger partial charge in [-0.2, -0.15) is 0 Å². The molecule has 4 rings (SSSR count). The molecule has 4 aromatic rings. The number of imidazole rings is 1. The first-order valence-electron chi connectivity index (χ1n) is 7.16. The van der Waals surface area contributed by atoms with Crippen LogP contribution < -0.4 is 0 Å². The molecule has 1 unspecified atom stereocenters. The minimum atomic E-state index is 0.182. The highest BCUT2D eigenvalue weighted by Gasteiger charge is 2.16. The second-order valence-corrected chi connectivity index (χ2v) is 6.09. The van der Waals surface area contributed by atoms with Crippen molar-refractivity contribution in [2.45, 2.75) is 6.04 Å². The molecular formula is C18H15N3S. The van der Waals surface area contributed by atoms with Crippen molar-refractivity contribution in [3.63, 3.8) is 0 Å². The quantitative estimate of drug-likeness (QED) is 0.549. The summed E-state index contributed by atoms with van der Waals surface area (Å²) in [6.07, 6.45) is 9.84. The third-order valence-electron chi connectivity index (χ3n) is 3.75. The van der Waals surface area contributed by atoms with Crippen LogP contribution in [0.15, 0.2) is 85.0 Å². The molecule has 0 radical (unpaired) electrons. The molecule has 1 atom stereocenters. The third kappa shape index (κ3) is 2.38. The molecule has 22 heavy (non-hydrogen) atoms. The van der Waals surface area contributed by atoms with E-state index in [1.165, 1.54) is 16.1 Å². The van der Waals surface area contributed by atoms with Gasteiger partial charge in [-0.15, -0.1) is 11.3 Å². The Labute approximate surface area is 133 Å². The largest absolute Gasteiger partial charge is 0.325 e. The van der Waals surface area contributed by atoms with Gasteiger partial charge in [0.15, 0.2) is 0 Å². The summed E-state index contributed by atoms with van der Waals surface area (Å²) in [5.41, 5.74) is 2.43. The van der Waals surface area contributed by atoms with Gasteiger partial charge in [0.2, 0.25) is 0 Å². The average molecular weight is 305 g/mol. The Morgan fingerprint density at radius 1 is 0.909 bits per heavy atom. The lowest BCUT2D eigenvalue weighted by Gasteiger charge is -2.18. The van der Waals surface area contributed by atoms with Crippen LogP contribution in [0.4, 0.5) is 0 Å². The summed E-state index contributed by atoms with van der Waals surface area (Å²) < 4.78 is 4.26. The second kappa shape index (κ2) is 5.66. The van der Waals surface area contributed by atoms with Crippen molar-refractivity contribution in [2.24, 2.45) is 0 Å². The summed E-state index contributed by atoms with van der Waals surface area (Å²) in [5.74, 6) is 0. The minimum absolute atomic E-state index is 0.182. The van der Waals surface area contributed by atoms with Crippen LogP contribution in [0.1, 0.15) is 16.5 Å². The minimum Gasteiger partial charge on any atom is -0.325 e. The lowest BCUT2D eigenvalue weighted by molar-refractivity contribution is 0.688. The van der Waals surface area contributed by atoms with Crippen LogP contribution in [0, 0.1) is 0 Å². The van der Waals surface area contributed by atoms with Gasteiger partial charge in [0.1, 0.15) is 0 Å².